The summed E-state index contributed by atoms with van der Waals surface area (Å²) in [5.74, 6) is 0.900. The lowest BCUT2D eigenvalue weighted by Crippen LogP contribution is -1.95. The number of hydrogen-bond donors (Lipinski definition) is 0. The van der Waals surface area contributed by atoms with E-state index in [0.29, 0.717) is 6.61 Å². The predicted molar refractivity (Wildman–Crippen MR) is 46.4 cm³/mol. The van der Waals surface area contributed by atoms with Gasteiger partial charge < -0.3 is 4.74 Å². The van der Waals surface area contributed by atoms with Crippen LogP contribution in [-0.4, -0.2) is 6.61 Å². The van der Waals surface area contributed by atoms with Gasteiger partial charge in [0.15, 0.2) is 0 Å². The Balaban J connectivity index is 2.83. The van der Waals surface area contributed by atoms with Crippen molar-refractivity contribution in [2.45, 2.75) is 6.42 Å². The minimum atomic E-state index is 0.469. The molecule has 1 aromatic rings. The van der Waals surface area contributed by atoms with Gasteiger partial charge in [-0.3, -0.25) is 0 Å². The largest absolute Gasteiger partial charge is 0.493 e. The fourth-order valence-corrected chi connectivity index (χ4v) is 0.961. The minimum absolute atomic E-state index is 0.469. The molecule has 0 amide bonds. The lowest BCUT2D eigenvalue weighted by atomic mass is 10.1. The molecule has 0 aliphatic carbocycles. The third-order valence-electron chi connectivity index (χ3n) is 1.50. The first-order valence-corrected chi connectivity index (χ1v) is 3.67. The first-order valence-electron chi connectivity index (χ1n) is 3.67. The lowest BCUT2D eigenvalue weighted by Gasteiger charge is -2.06. The van der Waals surface area contributed by atoms with Crippen LogP contribution in [0.1, 0.15) is 5.56 Å². The minimum Gasteiger partial charge on any atom is -0.493 e. The predicted octanol–water partition coefficient (Wildman–Crippen LogP) is 2.28. The summed E-state index contributed by atoms with van der Waals surface area (Å²) in [6.07, 6.45) is 0.760. The van der Waals surface area contributed by atoms with Gasteiger partial charge in [-0.05, 0) is 31.9 Å². The highest BCUT2D eigenvalue weighted by molar-refractivity contribution is 5.33. The van der Waals surface area contributed by atoms with Crippen LogP contribution < -0.4 is 4.74 Å². The van der Waals surface area contributed by atoms with Crippen LogP contribution in [0.15, 0.2) is 24.3 Å². The molecule has 0 atom stereocenters. The molecule has 0 unspecified atom stereocenters. The van der Waals surface area contributed by atoms with Crippen molar-refractivity contribution in [3.05, 3.63) is 43.7 Å². The van der Waals surface area contributed by atoms with Gasteiger partial charge in [0.25, 0.3) is 0 Å². The van der Waals surface area contributed by atoms with Crippen LogP contribution in [0.2, 0.25) is 0 Å². The lowest BCUT2D eigenvalue weighted by molar-refractivity contribution is 0.358. The molecule has 1 heteroatoms. The molecule has 0 fully saturated rings. The smallest absolute Gasteiger partial charge is 0.122 e. The van der Waals surface area contributed by atoms with Gasteiger partial charge in [0.2, 0.25) is 0 Å². The van der Waals surface area contributed by atoms with Crippen molar-refractivity contribution in [1.82, 2.24) is 0 Å². The Morgan fingerprint density at radius 2 is 1.91 bits per heavy atom. The Bertz CT molecular complexity index is 218. The van der Waals surface area contributed by atoms with Gasteiger partial charge in [-0.15, -0.1) is 0 Å². The number of rotatable bonds is 3. The monoisotopic (exact) mass is 148 g/mol. The molecule has 0 saturated heterocycles. The van der Waals surface area contributed by atoms with Gasteiger partial charge in [-0.25, -0.2) is 0 Å². The molecule has 58 valence electrons. The van der Waals surface area contributed by atoms with Crippen molar-refractivity contribution in [3.63, 3.8) is 0 Å². The number of para-hydroxylation sites is 1. The first kappa shape index (κ1) is 8.12. The third kappa shape index (κ3) is 1.97. The van der Waals surface area contributed by atoms with E-state index < -0.39 is 0 Å². The number of hydrogen-bond acceptors (Lipinski definition) is 1. The summed E-state index contributed by atoms with van der Waals surface area (Å²) in [4.78, 5) is 0. The maximum Gasteiger partial charge on any atom is 0.122 e. The van der Waals surface area contributed by atoms with Crippen LogP contribution in [-0.2, 0) is 6.42 Å². The van der Waals surface area contributed by atoms with E-state index in [1.807, 2.05) is 24.3 Å². The molecule has 2 radical (unpaired) electrons. The maximum atomic E-state index is 5.28. The zero-order valence-corrected chi connectivity index (χ0v) is 6.55. The SMILES string of the molecule is [CH2]COc1ccccc1C[CH2]. The zero-order valence-electron chi connectivity index (χ0n) is 6.55. The molecule has 0 saturated carbocycles. The third-order valence-corrected chi connectivity index (χ3v) is 1.50. The topological polar surface area (TPSA) is 9.23 Å². The van der Waals surface area contributed by atoms with E-state index >= 15 is 0 Å². The summed E-state index contributed by atoms with van der Waals surface area (Å²) in [6.45, 7) is 7.88. The number of benzene rings is 1. The summed E-state index contributed by atoms with van der Waals surface area (Å²) in [7, 11) is 0. The quantitative estimate of drug-likeness (QED) is 0.639. The van der Waals surface area contributed by atoms with Crippen molar-refractivity contribution in [1.29, 1.82) is 0 Å². The highest BCUT2D eigenvalue weighted by Gasteiger charge is 1.97. The summed E-state index contributed by atoms with van der Waals surface area (Å²) >= 11 is 0. The fraction of sp³-hybridized carbons (Fsp3) is 0.200. The first-order chi connectivity index (χ1) is 5.38. The van der Waals surface area contributed by atoms with Gasteiger partial charge in [-0.1, -0.05) is 18.2 Å². The molecule has 1 rings (SSSR count). The van der Waals surface area contributed by atoms with E-state index in [0.717, 1.165) is 17.7 Å². The van der Waals surface area contributed by atoms with E-state index in [9.17, 15) is 0 Å². The van der Waals surface area contributed by atoms with E-state index in [4.69, 9.17) is 4.74 Å². The second-order valence-electron chi connectivity index (χ2n) is 2.21. The van der Waals surface area contributed by atoms with E-state index in [-0.39, 0.29) is 0 Å². The standard InChI is InChI=1S/C10H12O/c1-3-9-7-5-6-8-10(9)11-4-2/h5-8H,1-4H2. The Morgan fingerprint density at radius 1 is 1.18 bits per heavy atom. The van der Waals surface area contributed by atoms with E-state index in [1.54, 1.807) is 0 Å². The van der Waals surface area contributed by atoms with Crippen LogP contribution in [0.4, 0.5) is 0 Å². The molecule has 0 bridgehead atoms. The van der Waals surface area contributed by atoms with Crippen LogP contribution in [0.25, 0.3) is 0 Å². The molecule has 1 nitrogen and oxygen atoms in total. The van der Waals surface area contributed by atoms with Crippen molar-refractivity contribution < 1.29 is 4.74 Å². The fourth-order valence-electron chi connectivity index (χ4n) is 0.961. The second kappa shape index (κ2) is 4.02. The average Bonchev–Trinajstić information content (AvgIpc) is 2.06. The maximum absolute atomic E-state index is 5.28. The van der Waals surface area contributed by atoms with Gasteiger partial charge in [-0.2, -0.15) is 0 Å². The second-order valence-corrected chi connectivity index (χ2v) is 2.21. The zero-order chi connectivity index (χ0) is 8.10. The van der Waals surface area contributed by atoms with Gasteiger partial charge in [0, 0.05) is 0 Å². The molecule has 0 heterocycles. The Labute approximate surface area is 68.0 Å². The van der Waals surface area contributed by atoms with Crippen molar-refractivity contribution in [3.8, 4) is 5.75 Å². The van der Waals surface area contributed by atoms with Crippen molar-refractivity contribution in [2.24, 2.45) is 0 Å². The molecule has 0 aromatic heterocycles. The summed E-state index contributed by atoms with van der Waals surface area (Å²) in [5.41, 5.74) is 1.14. The van der Waals surface area contributed by atoms with Crippen LogP contribution >= 0.6 is 0 Å². The Morgan fingerprint density at radius 3 is 2.55 bits per heavy atom. The molecule has 0 aliphatic rings. The van der Waals surface area contributed by atoms with E-state index in [1.165, 1.54) is 0 Å². The normalized spacial score (nSPS) is 9.64. The highest BCUT2D eigenvalue weighted by atomic mass is 16.5. The van der Waals surface area contributed by atoms with Crippen LogP contribution in [0, 0.1) is 13.8 Å². The Hall–Kier alpha value is -0.980. The van der Waals surface area contributed by atoms with Crippen molar-refractivity contribution in [2.75, 3.05) is 6.61 Å². The summed E-state index contributed by atoms with van der Waals surface area (Å²) < 4.78 is 5.28. The van der Waals surface area contributed by atoms with Gasteiger partial charge in [0.05, 0.1) is 6.61 Å². The molecule has 1 aromatic carbocycles. The highest BCUT2D eigenvalue weighted by Crippen LogP contribution is 2.17. The molecular formula is C10H12O. The summed E-state index contributed by atoms with van der Waals surface area (Å²) in [5, 5.41) is 0. The van der Waals surface area contributed by atoms with Crippen molar-refractivity contribution >= 4 is 0 Å². The average molecular weight is 148 g/mol. The Kier molecular flexibility index (Phi) is 2.96. The van der Waals surface area contributed by atoms with Crippen LogP contribution in [0.3, 0.4) is 0 Å². The molecule has 0 aliphatic heterocycles. The summed E-state index contributed by atoms with van der Waals surface area (Å²) in [6, 6.07) is 7.88. The van der Waals surface area contributed by atoms with Gasteiger partial charge in [0.1, 0.15) is 5.75 Å². The molecule has 0 spiro atoms. The molecular weight excluding hydrogens is 136 g/mol. The number of ether oxygens (including phenoxy) is 1. The molecule has 11 heavy (non-hydrogen) atoms. The van der Waals surface area contributed by atoms with Crippen LogP contribution in [0.5, 0.6) is 5.75 Å². The van der Waals surface area contributed by atoms with E-state index in [2.05, 4.69) is 13.8 Å². The molecule has 0 N–H and O–H groups in total. The van der Waals surface area contributed by atoms with Gasteiger partial charge >= 0.3 is 0 Å².